The lowest BCUT2D eigenvalue weighted by Crippen LogP contribution is -2.52. The fourth-order valence-corrected chi connectivity index (χ4v) is 4.23. The minimum atomic E-state index is -0.369. The smallest absolute Gasteiger partial charge is 0.228 e. The molecule has 154 valence electrons. The quantitative estimate of drug-likeness (QED) is 0.719. The first-order valence-electron chi connectivity index (χ1n) is 10.3. The molecule has 5 rings (SSSR count). The molecule has 1 aliphatic heterocycles. The second kappa shape index (κ2) is 8.08. The zero-order chi connectivity index (χ0) is 20.5. The number of benzene rings is 1. The van der Waals surface area contributed by atoms with Crippen molar-refractivity contribution in [2.24, 2.45) is 5.92 Å². The van der Waals surface area contributed by atoms with Crippen LogP contribution in [0.3, 0.4) is 0 Å². The number of pyridine rings is 2. The van der Waals surface area contributed by atoms with E-state index in [1.807, 2.05) is 24.3 Å². The molecular formula is C23H23FN4O2. The highest BCUT2D eigenvalue weighted by Crippen LogP contribution is 2.33. The molecule has 2 aliphatic rings. The number of carbonyl (C=O) groups excluding carboxylic acids is 1. The summed E-state index contributed by atoms with van der Waals surface area (Å²) in [6.07, 6.45) is 6.34. The summed E-state index contributed by atoms with van der Waals surface area (Å²) in [5, 5.41) is 4.85. The molecule has 2 fully saturated rings. The monoisotopic (exact) mass is 406 g/mol. The van der Waals surface area contributed by atoms with Crippen LogP contribution in [0, 0.1) is 11.7 Å². The Bertz CT molecular complexity index is 1080. The number of hydrogen-bond donors (Lipinski definition) is 1. The van der Waals surface area contributed by atoms with Gasteiger partial charge < -0.3 is 10.1 Å². The van der Waals surface area contributed by atoms with Crippen LogP contribution in [0.5, 0.6) is 0 Å². The zero-order valence-corrected chi connectivity index (χ0v) is 16.6. The van der Waals surface area contributed by atoms with Crippen molar-refractivity contribution in [3.63, 3.8) is 0 Å². The van der Waals surface area contributed by atoms with Gasteiger partial charge in [0.15, 0.2) is 0 Å². The maximum absolute atomic E-state index is 13.5. The number of rotatable bonds is 4. The Labute approximate surface area is 174 Å². The summed E-state index contributed by atoms with van der Waals surface area (Å²) in [6.45, 7) is 3.47. The fraction of sp³-hybridized carbons (Fsp3) is 0.348. The van der Waals surface area contributed by atoms with Gasteiger partial charge in [0.05, 0.1) is 19.4 Å². The molecule has 1 aliphatic carbocycles. The summed E-state index contributed by atoms with van der Waals surface area (Å²) in [5.41, 5.74) is 1.58. The molecule has 0 atom stereocenters. The molecule has 1 saturated heterocycles. The molecular weight excluding hydrogens is 383 g/mol. The zero-order valence-electron chi connectivity index (χ0n) is 16.6. The van der Waals surface area contributed by atoms with Crippen molar-refractivity contribution < 1.29 is 13.9 Å². The van der Waals surface area contributed by atoms with Crippen LogP contribution >= 0.6 is 0 Å². The molecule has 0 bridgehead atoms. The van der Waals surface area contributed by atoms with Crippen LogP contribution in [0.25, 0.3) is 21.9 Å². The van der Waals surface area contributed by atoms with Gasteiger partial charge in [-0.25, -0.2) is 9.37 Å². The molecule has 0 unspecified atom stereocenters. The molecule has 0 spiro atoms. The number of morpholine rings is 1. The largest absolute Gasteiger partial charge is 0.379 e. The van der Waals surface area contributed by atoms with Gasteiger partial charge in [-0.2, -0.15) is 0 Å². The Morgan fingerprint density at radius 3 is 2.67 bits per heavy atom. The number of fused-ring (bicyclic) bond motifs is 1. The molecule has 6 nitrogen and oxygen atoms in total. The van der Waals surface area contributed by atoms with Crippen molar-refractivity contribution in [1.29, 1.82) is 0 Å². The third-order valence-electron chi connectivity index (χ3n) is 6.06. The highest BCUT2D eigenvalue weighted by atomic mass is 19.1. The van der Waals surface area contributed by atoms with Gasteiger partial charge in [-0.15, -0.1) is 0 Å². The second-order valence-electron chi connectivity index (χ2n) is 7.98. The van der Waals surface area contributed by atoms with Crippen LogP contribution < -0.4 is 5.32 Å². The van der Waals surface area contributed by atoms with E-state index in [0.29, 0.717) is 17.4 Å². The average molecular weight is 406 g/mol. The molecule has 2 aromatic heterocycles. The molecule has 1 N–H and O–H groups in total. The van der Waals surface area contributed by atoms with Gasteiger partial charge >= 0.3 is 0 Å². The maximum Gasteiger partial charge on any atom is 0.228 e. The van der Waals surface area contributed by atoms with Crippen LogP contribution in [0.4, 0.5) is 10.2 Å². The molecule has 3 heterocycles. The van der Waals surface area contributed by atoms with Gasteiger partial charge in [0.1, 0.15) is 11.6 Å². The number of anilines is 1. The Morgan fingerprint density at radius 1 is 1.03 bits per heavy atom. The topological polar surface area (TPSA) is 67.4 Å². The highest BCUT2D eigenvalue weighted by molar-refractivity contribution is 5.95. The van der Waals surface area contributed by atoms with Gasteiger partial charge in [-0.05, 0) is 42.0 Å². The van der Waals surface area contributed by atoms with Gasteiger partial charge in [0.2, 0.25) is 5.91 Å². The van der Waals surface area contributed by atoms with E-state index < -0.39 is 0 Å². The highest BCUT2D eigenvalue weighted by Gasteiger charge is 2.38. The lowest BCUT2D eigenvalue weighted by atomic mass is 9.78. The van der Waals surface area contributed by atoms with Crippen LogP contribution in [0.2, 0.25) is 0 Å². The van der Waals surface area contributed by atoms with E-state index in [2.05, 4.69) is 20.2 Å². The summed E-state index contributed by atoms with van der Waals surface area (Å²) in [6, 6.07) is 9.62. The number of amides is 1. The molecule has 1 saturated carbocycles. The first-order chi connectivity index (χ1) is 14.7. The summed E-state index contributed by atoms with van der Waals surface area (Å²) >= 11 is 0. The lowest BCUT2D eigenvalue weighted by Gasteiger charge is -2.43. The maximum atomic E-state index is 13.5. The van der Waals surface area contributed by atoms with Crippen molar-refractivity contribution in [1.82, 2.24) is 14.9 Å². The number of aromatic nitrogens is 2. The van der Waals surface area contributed by atoms with Crippen molar-refractivity contribution in [2.75, 3.05) is 31.6 Å². The number of hydrogen-bond acceptors (Lipinski definition) is 5. The van der Waals surface area contributed by atoms with Crippen LogP contribution in [-0.2, 0) is 9.53 Å². The summed E-state index contributed by atoms with van der Waals surface area (Å²) in [5.74, 6) is 0.222. The van der Waals surface area contributed by atoms with Crippen LogP contribution in [-0.4, -0.2) is 53.1 Å². The summed E-state index contributed by atoms with van der Waals surface area (Å²) in [7, 11) is 0. The number of halogens is 1. The first-order valence-corrected chi connectivity index (χ1v) is 10.3. The average Bonchev–Trinajstić information content (AvgIpc) is 2.73. The Balaban J connectivity index is 1.27. The first kappa shape index (κ1) is 19.1. The van der Waals surface area contributed by atoms with Crippen molar-refractivity contribution in [3.05, 3.63) is 54.7 Å². The van der Waals surface area contributed by atoms with E-state index in [1.165, 1.54) is 12.3 Å². The van der Waals surface area contributed by atoms with E-state index in [4.69, 9.17) is 4.74 Å². The Morgan fingerprint density at radius 2 is 1.87 bits per heavy atom. The number of nitrogens with zero attached hydrogens (tertiary/aromatic N) is 3. The van der Waals surface area contributed by atoms with Crippen LogP contribution in [0.1, 0.15) is 12.8 Å². The normalized spacial score (nSPS) is 21.9. The van der Waals surface area contributed by atoms with Crippen molar-refractivity contribution in [2.45, 2.75) is 18.9 Å². The van der Waals surface area contributed by atoms with Gasteiger partial charge in [-0.1, -0.05) is 12.1 Å². The molecule has 30 heavy (non-hydrogen) atoms. The predicted octanol–water partition coefficient (Wildman–Crippen LogP) is 3.49. The van der Waals surface area contributed by atoms with Gasteiger partial charge in [0.25, 0.3) is 0 Å². The lowest BCUT2D eigenvalue weighted by molar-refractivity contribution is -0.125. The molecule has 0 radical (unpaired) electrons. The fourth-order valence-electron chi connectivity index (χ4n) is 4.23. The standard InChI is InChI=1S/C23H23FN4O2/c24-20-8-19(12-25-14-20)15-1-2-16-13-26-22(11-17(16)7-15)27-23(29)18-9-21(10-18)28-3-5-30-6-4-28/h1-2,7-8,11-14,18,21H,3-6,9-10H2,(H,26,27,29)/t18-,21-. The second-order valence-corrected chi connectivity index (χ2v) is 7.98. The van der Waals surface area contributed by atoms with Gasteiger partial charge in [-0.3, -0.25) is 14.7 Å². The molecule has 3 aromatic rings. The number of carbonyl (C=O) groups is 1. The van der Waals surface area contributed by atoms with Crippen molar-refractivity contribution >= 4 is 22.5 Å². The van der Waals surface area contributed by atoms with Crippen molar-refractivity contribution in [3.8, 4) is 11.1 Å². The van der Waals surface area contributed by atoms with Gasteiger partial charge in [0, 0.05) is 48.4 Å². The number of nitrogens with one attached hydrogen (secondary N) is 1. The Hall–Kier alpha value is -2.90. The summed E-state index contributed by atoms with van der Waals surface area (Å²) in [4.78, 5) is 23.4. The van der Waals surface area contributed by atoms with Crippen LogP contribution in [0.15, 0.2) is 48.9 Å². The van der Waals surface area contributed by atoms with E-state index >= 15 is 0 Å². The molecule has 7 heteroatoms. The predicted molar refractivity (Wildman–Crippen MR) is 112 cm³/mol. The summed E-state index contributed by atoms with van der Waals surface area (Å²) < 4.78 is 18.9. The van der Waals surface area contributed by atoms with E-state index in [9.17, 15) is 9.18 Å². The SMILES string of the molecule is O=C(Nc1cc2cc(-c3cncc(F)c3)ccc2cn1)[C@H]1C[C@H](N2CCOCC2)C1. The van der Waals surface area contributed by atoms with E-state index in [1.54, 1.807) is 12.4 Å². The minimum absolute atomic E-state index is 0.0249. The number of ether oxygens (including phenoxy) is 1. The third-order valence-corrected chi connectivity index (χ3v) is 6.06. The Kier molecular flexibility index (Phi) is 5.14. The molecule has 1 amide bonds. The minimum Gasteiger partial charge on any atom is -0.379 e. The van der Waals surface area contributed by atoms with E-state index in [0.717, 1.165) is 55.5 Å². The molecule has 1 aromatic carbocycles. The van der Waals surface area contributed by atoms with E-state index in [-0.39, 0.29) is 17.6 Å². The third kappa shape index (κ3) is 3.91.